The molecule has 6 heteroatoms. The fraction of sp³-hybridized carbons (Fsp3) is 0.917. The lowest BCUT2D eigenvalue weighted by Crippen LogP contribution is -2.27. The summed E-state index contributed by atoms with van der Waals surface area (Å²) >= 11 is 1.63. The first-order valence-electron chi connectivity index (χ1n) is 6.44. The molecule has 106 valence electrons. The highest BCUT2D eigenvalue weighted by Crippen LogP contribution is 2.28. The quantitative estimate of drug-likeness (QED) is 0.531. The van der Waals surface area contributed by atoms with Crippen molar-refractivity contribution in [3.8, 4) is 0 Å². The number of esters is 1. The molecule has 1 aliphatic rings. The monoisotopic (exact) mass is 294 g/mol. The van der Waals surface area contributed by atoms with Gasteiger partial charge in [-0.1, -0.05) is 26.2 Å². The second-order valence-electron chi connectivity index (χ2n) is 4.69. The zero-order valence-corrected chi connectivity index (χ0v) is 12.7. The molecule has 0 N–H and O–H groups in total. The Morgan fingerprint density at radius 1 is 1.28 bits per heavy atom. The Kier molecular flexibility index (Phi) is 6.49. The summed E-state index contributed by atoms with van der Waals surface area (Å²) in [6.07, 6.45) is 4.24. The van der Waals surface area contributed by atoms with Crippen molar-refractivity contribution in [1.29, 1.82) is 0 Å². The third-order valence-electron chi connectivity index (χ3n) is 2.90. The first kappa shape index (κ1) is 15.8. The Bertz CT molecular complexity index is 364. The maximum absolute atomic E-state index is 11.6. The van der Waals surface area contributed by atoms with E-state index < -0.39 is 21.9 Å². The maximum atomic E-state index is 11.6. The Labute approximate surface area is 114 Å². The summed E-state index contributed by atoms with van der Waals surface area (Å²) in [5, 5.41) is -0.0828. The summed E-state index contributed by atoms with van der Waals surface area (Å²) in [4.78, 5) is 10.9. The Morgan fingerprint density at radius 3 is 2.61 bits per heavy atom. The number of rotatable bonds is 7. The number of thioether (sulfide) groups is 1. The van der Waals surface area contributed by atoms with E-state index in [-0.39, 0.29) is 16.8 Å². The van der Waals surface area contributed by atoms with Crippen LogP contribution in [0.4, 0.5) is 0 Å². The van der Waals surface area contributed by atoms with Gasteiger partial charge in [-0.25, -0.2) is 8.42 Å². The summed E-state index contributed by atoms with van der Waals surface area (Å²) in [6, 6.07) is 0. The summed E-state index contributed by atoms with van der Waals surface area (Å²) in [6.45, 7) is 3.49. The van der Waals surface area contributed by atoms with Gasteiger partial charge in [-0.3, -0.25) is 4.79 Å². The van der Waals surface area contributed by atoms with Crippen molar-refractivity contribution >= 4 is 27.6 Å². The van der Waals surface area contributed by atoms with Crippen LogP contribution in [-0.2, 0) is 19.4 Å². The molecule has 1 rings (SSSR count). The minimum Gasteiger partial charge on any atom is -0.460 e. The molecule has 0 amide bonds. The van der Waals surface area contributed by atoms with Crippen LogP contribution in [0.5, 0.6) is 0 Å². The van der Waals surface area contributed by atoms with Crippen molar-refractivity contribution in [3.63, 3.8) is 0 Å². The number of ether oxygens (including phenoxy) is 1. The first-order chi connectivity index (χ1) is 8.44. The molecule has 0 aromatic carbocycles. The lowest BCUT2D eigenvalue weighted by atomic mass is 10.2. The van der Waals surface area contributed by atoms with Crippen LogP contribution in [0.15, 0.2) is 0 Å². The van der Waals surface area contributed by atoms with Gasteiger partial charge < -0.3 is 4.74 Å². The van der Waals surface area contributed by atoms with Crippen LogP contribution in [-0.4, -0.2) is 43.0 Å². The molecule has 0 aliphatic carbocycles. The molecule has 0 spiro atoms. The van der Waals surface area contributed by atoms with Gasteiger partial charge in [0.2, 0.25) is 0 Å². The number of sulfone groups is 1. The van der Waals surface area contributed by atoms with E-state index in [1.807, 2.05) is 0 Å². The van der Waals surface area contributed by atoms with E-state index in [4.69, 9.17) is 4.74 Å². The molecule has 1 saturated heterocycles. The van der Waals surface area contributed by atoms with E-state index in [2.05, 4.69) is 6.92 Å². The Morgan fingerprint density at radius 2 is 2.00 bits per heavy atom. The van der Waals surface area contributed by atoms with Gasteiger partial charge in [-0.15, -0.1) is 0 Å². The van der Waals surface area contributed by atoms with Gasteiger partial charge in [0.25, 0.3) is 0 Å². The highest BCUT2D eigenvalue weighted by atomic mass is 32.2. The lowest BCUT2D eigenvalue weighted by molar-refractivity contribution is -0.144. The Hall–Kier alpha value is -0.230. The molecule has 0 saturated carbocycles. The van der Waals surface area contributed by atoms with Crippen molar-refractivity contribution in [2.45, 2.75) is 50.9 Å². The molecular weight excluding hydrogens is 272 g/mol. The third kappa shape index (κ3) is 5.61. The minimum atomic E-state index is -3.04. The van der Waals surface area contributed by atoms with Crippen LogP contribution in [0.25, 0.3) is 0 Å². The topological polar surface area (TPSA) is 60.4 Å². The van der Waals surface area contributed by atoms with Crippen molar-refractivity contribution in [3.05, 3.63) is 0 Å². The summed E-state index contributed by atoms with van der Waals surface area (Å²) in [7, 11) is -3.04. The van der Waals surface area contributed by atoms with Gasteiger partial charge in [0.05, 0.1) is 16.8 Å². The fourth-order valence-electron chi connectivity index (χ4n) is 2.03. The molecule has 1 fully saturated rings. The molecule has 1 aliphatic heterocycles. The minimum absolute atomic E-state index is 0.0147. The van der Waals surface area contributed by atoms with E-state index >= 15 is 0 Å². The number of carbonyl (C=O) groups is 1. The van der Waals surface area contributed by atoms with Gasteiger partial charge in [0.15, 0.2) is 9.84 Å². The fourth-order valence-corrected chi connectivity index (χ4v) is 5.85. The van der Waals surface area contributed by atoms with E-state index in [0.29, 0.717) is 0 Å². The molecule has 0 radical (unpaired) electrons. The molecule has 1 heterocycles. The smallest absolute Gasteiger partial charge is 0.302 e. The van der Waals surface area contributed by atoms with Gasteiger partial charge in [-0.2, -0.15) is 11.8 Å². The molecule has 4 nitrogen and oxygen atoms in total. The van der Waals surface area contributed by atoms with Crippen LogP contribution in [0.2, 0.25) is 0 Å². The SMILES string of the molecule is CCCCCCS[C@@H]1CS(=O)(=O)C[C@H]1OC(C)=O. The molecular formula is C12H22O4S2. The average Bonchev–Trinajstić information content (AvgIpc) is 2.52. The highest BCUT2D eigenvalue weighted by molar-refractivity contribution is 8.01. The zero-order valence-electron chi connectivity index (χ0n) is 11.1. The van der Waals surface area contributed by atoms with Crippen LogP contribution < -0.4 is 0 Å². The van der Waals surface area contributed by atoms with Gasteiger partial charge >= 0.3 is 5.97 Å². The second kappa shape index (κ2) is 7.38. The average molecular weight is 294 g/mol. The number of carbonyl (C=O) groups excluding carboxylic acids is 1. The summed E-state index contributed by atoms with van der Waals surface area (Å²) in [5.41, 5.74) is 0. The van der Waals surface area contributed by atoms with E-state index in [1.54, 1.807) is 11.8 Å². The predicted octanol–water partition coefficient (Wildman–Crippen LogP) is 2.03. The normalized spacial score (nSPS) is 26.1. The van der Waals surface area contributed by atoms with Crippen molar-refractivity contribution in [2.24, 2.45) is 0 Å². The van der Waals surface area contributed by atoms with Crippen molar-refractivity contribution in [1.82, 2.24) is 0 Å². The molecule has 0 aromatic rings. The second-order valence-corrected chi connectivity index (χ2v) is 8.20. The van der Waals surface area contributed by atoms with Crippen LogP contribution in [0.3, 0.4) is 0 Å². The van der Waals surface area contributed by atoms with Gasteiger partial charge in [0.1, 0.15) is 6.10 Å². The van der Waals surface area contributed by atoms with Crippen LogP contribution >= 0.6 is 11.8 Å². The molecule has 2 atom stereocenters. The van der Waals surface area contributed by atoms with Crippen LogP contribution in [0, 0.1) is 0 Å². The third-order valence-corrected chi connectivity index (χ3v) is 6.24. The zero-order chi connectivity index (χ0) is 13.6. The van der Waals surface area contributed by atoms with E-state index in [1.165, 1.54) is 26.2 Å². The molecule has 0 aromatic heterocycles. The first-order valence-corrected chi connectivity index (χ1v) is 9.31. The predicted molar refractivity (Wildman–Crippen MR) is 74.6 cm³/mol. The Balaban J connectivity index is 2.38. The molecule has 18 heavy (non-hydrogen) atoms. The maximum Gasteiger partial charge on any atom is 0.302 e. The highest BCUT2D eigenvalue weighted by Gasteiger charge is 2.39. The van der Waals surface area contributed by atoms with E-state index in [0.717, 1.165) is 12.2 Å². The molecule has 0 unspecified atom stereocenters. The van der Waals surface area contributed by atoms with Crippen LogP contribution in [0.1, 0.15) is 39.5 Å². The standard InChI is InChI=1S/C12H22O4S2/c1-3-4-5-6-7-17-12-9-18(14,15)8-11(12)16-10(2)13/h11-12H,3-9H2,1-2H3/t11-,12-/m1/s1. The number of unbranched alkanes of at least 4 members (excludes halogenated alkanes) is 3. The van der Waals surface area contributed by atoms with Gasteiger partial charge in [0, 0.05) is 6.92 Å². The van der Waals surface area contributed by atoms with E-state index in [9.17, 15) is 13.2 Å². The molecule has 0 bridgehead atoms. The number of hydrogen-bond donors (Lipinski definition) is 0. The summed E-state index contributed by atoms with van der Waals surface area (Å²) in [5.74, 6) is 0.675. The van der Waals surface area contributed by atoms with Crippen molar-refractivity contribution < 1.29 is 17.9 Å². The lowest BCUT2D eigenvalue weighted by Gasteiger charge is -2.17. The summed E-state index contributed by atoms with van der Waals surface area (Å²) < 4.78 is 28.2. The van der Waals surface area contributed by atoms with Gasteiger partial charge in [-0.05, 0) is 12.2 Å². The van der Waals surface area contributed by atoms with Crippen molar-refractivity contribution in [2.75, 3.05) is 17.3 Å². The largest absolute Gasteiger partial charge is 0.460 e. The number of hydrogen-bond acceptors (Lipinski definition) is 5.